The third-order valence-electron chi connectivity index (χ3n) is 3.72. The average molecular weight is 343 g/mol. The number of carbonyl (C=O) groups is 1. The van der Waals surface area contributed by atoms with E-state index >= 15 is 0 Å². The highest BCUT2D eigenvalue weighted by Crippen LogP contribution is 2.22. The van der Waals surface area contributed by atoms with Crippen LogP contribution in [0.2, 0.25) is 0 Å². The highest BCUT2D eigenvalue weighted by atomic mass is 79.9. The predicted octanol–water partition coefficient (Wildman–Crippen LogP) is 3.47. The van der Waals surface area contributed by atoms with E-state index in [4.69, 9.17) is 4.74 Å². The second-order valence-electron chi connectivity index (χ2n) is 5.49. The molecule has 0 saturated carbocycles. The highest BCUT2D eigenvalue weighted by molar-refractivity contribution is 9.10. The van der Waals surface area contributed by atoms with Crippen molar-refractivity contribution in [2.45, 2.75) is 45.8 Å². The summed E-state index contributed by atoms with van der Waals surface area (Å²) >= 11 is 3.46. The molecule has 0 N–H and O–H groups in total. The molecule has 0 radical (unpaired) electrons. The number of aromatic nitrogens is 1. The average Bonchev–Trinajstić information content (AvgIpc) is 2.81. The number of halogens is 1. The zero-order chi connectivity index (χ0) is 14.7. The molecule has 112 valence electrons. The van der Waals surface area contributed by atoms with E-state index < -0.39 is 0 Å². The van der Waals surface area contributed by atoms with Gasteiger partial charge in [-0.2, -0.15) is 0 Å². The summed E-state index contributed by atoms with van der Waals surface area (Å²) in [5.74, 6) is 0.124. The molecule has 0 spiro atoms. The number of carbonyl (C=O) groups excluding carboxylic acids is 1. The number of piperidine rings is 1. The minimum absolute atomic E-state index is 0.124. The maximum absolute atomic E-state index is 12.6. The molecule has 0 aliphatic carbocycles. The fraction of sp³-hybridized carbons (Fsp3) is 0.667. The zero-order valence-corrected chi connectivity index (χ0v) is 14.0. The van der Waals surface area contributed by atoms with Gasteiger partial charge >= 0.3 is 0 Å². The lowest BCUT2D eigenvalue weighted by atomic mass is 10.1. The summed E-state index contributed by atoms with van der Waals surface area (Å²) in [6.45, 7) is 8.51. The SMILES string of the molecule is CCOC1CCN(C(=O)c2cc(Br)cn2C(C)C)CC1. The molecule has 1 saturated heterocycles. The molecule has 2 heterocycles. The number of hydrogen-bond donors (Lipinski definition) is 0. The Labute approximate surface area is 129 Å². The van der Waals surface area contributed by atoms with Crippen LogP contribution in [0.1, 0.15) is 50.1 Å². The topological polar surface area (TPSA) is 34.5 Å². The van der Waals surface area contributed by atoms with Crippen LogP contribution >= 0.6 is 15.9 Å². The molecule has 1 aliphatic heterocycles. The van der Waals surface area contributed by atoms with Crippen molar-refractivity contribution in [3.63, 3.8) is 0 Å². The molecule has 0 unspecified atom stereocenters. The molecule has 0 atom stereocenters. The van der Waals surface area contributed by atoms with Gasteiger partial charge in [-0.1, -0.05) is 0 Å². The maximum Gasteiger partial charge on any atom is 0.270 e. The lowest BCUT2D eigenvalue weighted by molar-refractivity contribution is 0.0142. The Bertz CT molecular complexity index is 462. The summed E-state index contributed by atoms with van der Waals surface area (Å²) in [6, 6.07) is 2.19. The molecule has 20 heavy (non-hydrogen) atoms. The third-order valence-corrected chi connectivity index (χ3v) is 4.16. The Balaban J connectivity index is 2.05. The van der Waals surface area contributed by atoms with Crippen molar-refractivity contribution in [1.82, 2.24) is 9.47 Å². The van der Waals surface area contributed by atoms with Gasteiger partial charge in [-0.15, -0.1) is 0 Å². The molecule has 1 aromatic heterocycles. The number of amides is 1. The Hall–Kier alpha value is -0.810. The van der Waals surface area contributed by atoms with Crippen molar-refractivity contribution in [1.29, 1.82) is 0 Å². The van der Waals surface area contributed by atoms with E-state index in [1.54, 1.807) is 0 Å². The van der Waals surface area contributed by atoms with Crippen LogP contribution < -0.4 is 0 Å². The largest absolute Gasteiger partial charge is 0.378 e. The van der Waals surface area contributed by atoms with E-state index in [1.807, 2.05) is 28.7 Å². The highest BCUT2D eigenvalue weighted by Gasteiger charge is 2.26. The normalized spacial score (nSPS) is 16.9. The van der Waals surface area contributed by atoms with E-state index in [1.165, 1.54) is 0 Å². The van der Waals surface area contributed by atoms with Crippen LogP contribution in [0.3, 0.4) is 0 Å². The van der Waals surface area contributed by atoms with Gasteiger partial charge in [0.05, 0.1) is 6.10 Å². The van der Waals surface area contributed by atoms with Crippen LogP contribution in [-0.4, -0.2) is 41.2 Å². The Morgan fingerprint density at radius 2 is 2.10 bits per heavy atom. The minimum Gasteiger partial charge on any atom is -0.378 e. The molecule has 1 aliphatic rings. The quantitative estimate of drug-likeness (QED) is 0.839. The summed E-state index contributed by atoms with van der Waals surface area (Å²) in [7, 11) is 0. The molecule has 1 fully saturated rings. The molecule has 0 aromatic carbocycles. The molecule has 0 bridgehead atoms. The first-order chi connectivity index (χ1) is 9.52. The van der Waals surface area contributed by atoms with Gasteiger partial charge in [0.2, 0.25) is 0 Å². The van der Waals surface area contributed by atoms with Gasteiger partial charge in [-0.3, -0.25) is 4.79 Å². The summed E-state index contributed by atoms with van der Waals surface area (Å²) < 4.78 is 8.62. The van der Waals surface area contributed by atoms with Crippen molar-refractivity contribution in [3.05, 3.63) is 22.4 Å². The molecular weight excluding hydrogens is 320 g/mol. The van der Waals surface area contributed by atoms with E-state index in [0.29, 0.717) is 6.10 Å². The van der Waals surface area contributed by atoms with Gasteiger partial charge in [-0.25, -0.2) is 0 Å². The van der Waals surface area contributed by atoms with Crippen LogP contribution in [0.5, 0.6) is 0 Å². The number of nitrogens with zero attached hydrogens (tertiary/aromatic N) is 2. The first-order valence-corrected chi connectivity index (χ1v) is 8.10. The second-order valence-corrected chi connectivity index (χ2v) is 6.41. The fourth-order valence-electron chi connectivity index (χ4n) is 2.67. The Kier molecular flexibility index (Phi) is 5.27. The maximum atomic E-state index is 12.6. The zero-order valence-electron chi connectivity index (χ0n) is 12.4. The van der Waals surface area contributed by atoms with Crippen LogP contribution in [0.4, 0.5) is 0 Å². The summed E-state index contributed by atoms with van der Waals surface area (Å²) in [6.07, 6.45) is 4.16. The second kappa shape index (κ2) is 6.76. The summed E-state index contributed by atoms with van der Waals surface area (Å²) in [5, 5.41) is 0. The van der Waals surface area contributed by atoms with Gasteiger partial charge in [0.1, 0.15) is 5.69 Å². The van der Waals surface area contributed by atoms with Crippen LogP contribution in [0.15, 0.2) is 16.7 Å². The molecule has 2 rings (SSSR count). The van der Waals surface area contributed by atoms with Crippen molar-refractivity contribution >= 4 is 21.8 Å². The van der Waals surface area contributed by atoms with Crippen molar-refractivity contribution in [3.8, 4) is 0 Å². The Morgan fingerprint density at radius 1 is 1.45 bits per heavy atom. The number of rotatable bonds is 4. The van der Waals surface area contributed by atoms with Gasteiger partial charge in [0.25, 0.3) is 5.91 Å². The molecule has 5 heteroatoms. The molecule has 1 amide bonds. The van der Waals surface area contributed by atoms with E-state index in [2.05, 4.69) is 29.8 Å². The van der Waals surface area contributed by atoms with Crippen molar-refractivity contribution in [2.24, 2.45) is 0 Å². The number of hydrogen-bond acceptors (Lipinski definition) is 2. The first-order valence-electron chi connectivity index (χ1n) is 7.31. The molecule has 4 nitrogen and oxygen atoms in total. The lowest BCUT2D eigenvalue weighted by Crippen LogP contribution is -2.41. The monoisotopic (exact) mass is 342 g/mol. The summed E-state index contributed by atoms with van der Waals surface area (Å²) in [4.78, 5) is 14.6. The molecular formula is C15H23BrN2O2. The third kappa shape index (κ3) is 3.44. The van der Waals surface area contributed by atoms with E-state index in [0.717, 1.165) is 42.7 Å². The summed E-state index contributed by atoms with van der Waals surface area (Å²) in [5.41, 5.74) is 0.765. The van der Waals surface area contributed by atoms with E-state index in [9.17, 15) is 4.79 Å². The van der Waals surface area contributed by atoms with Crippen LogP contribution in [0.25, 0.3) is 0 Å². The fourth-order valence-corrected chi connectivity index (χ4v) is 3.10. The number of likely N-dealkylation sites (tertiary alicyclic amines) is 1. The van der Waals surface area contributed by atoms with Crippen LogP contribution in [0, 0.1) is 0 Å². The van der Waals surface area contributed by atoms with Crippen molar-refractivity contribution in [2.75, 3.05) is 19.7 Å². The van der Waals surface area contributed by atoms with Crippen LogP contribution in [-0.2, 0) is 4.74 Å². The van der Waals surface area contributed by atoms with E-state index in [-0.39, 0.29) is 11.9 Å². The smallest absolute Gasteiger partial charge is 0.270 e. The number of ether oxygens (including phenoxy) is 1. The Morgan fingerprint density at radius 3 is 2.65 bits per heavy atom. The predicted molar refractivity (Wildman–Crippen MR) is 83.1 cm³/mol. The van der Waals surface area contributed by atoms with Gasteiger partial charge in [0, 0.05) is 36.4 Å². The van der Waals surface area contributed by atoms with Gasteiger partial charge < -0.3 is 14.2 Å². The van der Waals surface area contributed by atoms with Gasteiger partial charge in [-0.05, 0) is 55.6 Å². The van der Waals surface area contributed by atoms with Gasteiger partial charge in [0.15, 0.2) is 0 Å². The van der Waals surface area contributed by atoms with Crippen molar-refractivity contribution < 1.29 is 9.53 Å². The standard InChI is InChI=1S/C15H23BrN2O2/c1-4-20-13-5-7-17(8-6-13)15(19)14-9-12(16)10-18(14)11(2)3/h9-11,13H,4-8H2,1-3H3. The molecule has 1 aromatic rings. The first kappa shape index (κ1) is 15.6. The minimum atomic E-state index is 0.124. The lowest BCUT2D eigenvalue weighted by Gasteiger charge is -2.32.